The van der Waals surface area contributed by atoms with E-state index in [1.165, 1.54) is 6.07 Å². The zero-order valence-corrected chi connectivity index (χ0v) is 8.26. The molecular formula is C11H15FO. The molecule has 1 aromatic carbocycles. The van der Waals surface area contributed by atoms with Gasteiger partial charge in [0.25, 0.3) is 0 Å². The van der Waals surface area contributed by atoms with Crippen molar-refractivity contribution in [3.8, 4) is 0 Å². The van der Waals surface area contributed by atoms with Gasteiger partial charge in [0, 0.05) is 0 Å². The molecular weight excluding hydrogens is 167 g/mol. The molecule has 1 atom stereocenters. The van der Waals surface area contributed by atoms with Crippen LogP contribution in [0, 0.1) is 12.7 Å². The van der Waals surface area contributed by atoms with Crippen LogP contribution < -0.4 is 0 Å². The Morgan fingerprint density at radius 1 is 1.46 bits per heavy atom. The number of hydrogen-bond donors (Lipinski definition) is 1. The number of aryl methyl sites for hydroxylation is 1. The zero-order chi connectivity index (χ0) is 10.1. The van der Waals surface area contributed by atoms with E-state index in [4.69, 9.17) is 0 Å². The van der Waals surface area contributed by atoms with Crippen molar-refractivity contribution < 1.29 is 9.50 Å². The predicted molar refractivity (Wildman–Crippen MR) is 51.0 cm³/mol. The van der Waals surface area contributed by atoms with Gasteiger partial charge < -0.3 is 5.11 Å². The summed E-state index contributed by atoms with van der Waals surface area (Å²) >= 11 is 0. The van der Waals surface area contributed by atoms with E-state index in [2.05, 4.69) is 0 Å². The van der Waals surface area contributed by atoms with Crippen LogP contribution in [0.5, 0.6) is 0 Å². The van der Waals surface area contributed by atoms with E-state index in [1.807, 2.05) is 6.92 Å². The second-order valence-corrected chi connectivity index (χ2v) is 3.59. The van der Waals surface area contributed by atoms with Crippen molar-refractivity contribution in [3.05, 3.63) is 35.1 Å². The highest BCUT2D eigenvalue weighted by Gasteiger charge is 2.20. The Morgan fingerprint density at radius 3 is 2.54 bits per heavy atom. The smallest absolute Gasteiger partial charge is 0.126 e. The van der Waals surface area contributed by atoms with Crippen LogP contribution in [0.3, 0.4) is 0 Å². The molecule has 2 heteroatoms. The van der Waals surface area contributed by atoms with E-state index in [9.17, 15) is 9.50 Å². The minimum absolute atomic E-state index is 0.226. The van der Waals surface area contributed by atoms with Gasteiger partial charge in [-0.1, -0.05) is 19.1 Å². The molecule has 13 heavy (non-hydrogen) atoms. The summed E-state index contributed by atoms with van der Waals surface area (Å²) in [4.78, 5) is 0. The SMILES string of the molecule is CC[C@](C)(O)c1ccc(F)c(C)c1. The van der Waals surface area contributed by atoms with Crippen molar-refractivity contribution in [2.24, 2.45) is 0 Å². The summed E-state index contributed by atoms with van der Waals surface area (Å²) in [6.07, 6.45) is 0.623. The maximum Gasteiger partial charge on any atom is 0.126 e. The molecule has 0 spiro atoms. The molecule has 0 fully saturated rings. The molecule has 1 nitrogen and oxygen atoms in total. The van der Waals surface area contributed by atoms with Crippen LogP contribution in [-0.4, -0.2) is 5.11 Å². The Hall–Kier alpha value is -0.890. The molecule has 1 aromatic rings. The van der Waals surface area contributed by atoms with Gasteiger partial charge in [-0.2, -0.15) is 0 Å². The highest BCUT2D eigenvalue weighted by Crippen LogP contribution is 2.25. The second-order valence-electron chi connectivity index (χ2n) is 3.59. The monoisotopic (exact) mass is 182 g/mol. The van der Waals surface area contributed by atoms with Gasteiger partial charge in [-0.3, -0.25) is 0 Å². The highest BCUT2D eigenvalue weighted by atomic mass is 19.1. The standard InChI is InChI=1S/C11H15FO/c1-4-11(3,13)9-5-6-10(12)8(2)7-9/h5-7,13H,4H2,1-3H3/t11-/m0/s1. The first kappa shape index (κ1) is 10.2. The van der Waals surface area contributed by atoms with Gasteiger partial charge in [-0.15, -0.1) is 0 Å². The normalized spacial score (nSPS) is 15.5. The molecule has 0 bridgehead atoms. The molecule has 0 amide bonds. The lowest BCUT2D eigenvalue weighted by molar-refractivity contribution is 0.0529. The van der Waals surface area contributed by atoms with Gasteiger partial charge in [-0.05, 0) is 37.5 Å². The van der Waals surface area contributed by atoms with Gasteiger partial charge in [0.1, 0.15) is 5.82 Å². The first-order valence-electron chi connectivity index (χ1n) is 4.46. The maximum atomic E-state index is 12.9. The minimum Gasteiger partial charge on any atom is -0.385 e. The highest BCUT2D eigenvalue weighted by molar-refractivity contribution is 5.27. The maximum absolute atomic E-state index is 12.9. The van der Waals surface area contributed by atoms with E-state index in [0.717, 1.165) is 5.56 Å². The fraction of sp³-hybridized carbons (Fsp3) is 0.455. The molecule has 0 unspecified atom stereocenters. The molecule has 1 rings (SSSR count). The van der Waals surface area contributed by atoms with Crippen LogP contribution in [0.1, 0.15) is 31.4 Å². The van der Waals surface area contributed by atoms with Gasteiger partial charge in [0.15, 0.2) is 0 Å². The Bertz CT molecular complexity index is 305. The average Bonchev–Trinajstić information content (AvgIpc) is 2.09. The second kappa shape index (κ2) is 3.46. The third-order valence-electron chi connectivity index (χ3n) is 2.47. The molecule has 0 aromatic heterocycles. The average molecular weight is 182 g/mol. The van der Waals surface area contributed by atoms with Crippen LogP contribution in [-0.2, 0) is 5.60 Å². The summed E-state index contributed by atoms with van der Waals surface area (Å²) < 4.78 is 12.9. The van der Waals surface area contributed by atoms with Crippen molar-refractivity contribution in [1.82, 2.24) is 0 Å². The summed E-state index contributed by atoms with van der Waals surface area (Å²) in [5.74, 6) is -0.226. The molecule has 0 aliphatic rings. The molecule has 0 saturated carbocycles. The lowest BCUT2D eigenvalue weighted by Crippen LogP contribution is -2.19. The molecule has 0 radical (unpaired) electrons. The lowest BCUT2D eigenvalue weighted by atomic mass is 9.92. The number of aliphatic hydroxyl groups is 1. The van der Waals surface area contributed by atoms with Crippen molar-refractivity contribution in [2.75, 3.05) is 0 Å². The Balaban J connectivity index is 3.10. The van der Waals surface area contributed by atoms with Crippen molar-refractivity contribution >= 4 is 0 Å². The zero-order valence-electron chi connectivity index (χ0n) is 8.26. The van der Waals surface area contributed by atoms with Gasteiger partial charge >= 0.3 is 0 Å². The quantitative estimate of drug-likeness (QED) is 0.745. The van der Waals surface area contributed by atoms with E-state index >= 15 is 0 Å². The minimum atomic E-state index is -0.849. The molecule has 72 valence electrons. The lowest BCUT2D eigenvalue weighted by Gasteiger charge is -2.22. The topological polar surface area (TPSA) is 20.2 Å². The van der Waals surface area contributed by atoms with Crippen LogP contribution in [0.25, 0.3) is 0 Å². The third kappa shape index (κ3) is 2.07. The molecule has 0 heterocycles. The first-order valence-corrected chi connectivity index (χ1v) is 4.46. The molecule has 0 aliphatic carbocycles. The van der Waals surface area contributed by atoms with E-state index < -0.39 is 5.60 Å². The number of benzene rings is 1. The number of hydrogen-bond acceptors (Lipinski definition) is 1. The summed E-state index contributed by atoms with van der Waals surface area (Å²) in [6.45, 7) is 5.34. The van der Waals surface area contributed by atoms with Crippen LogP contribution in [0.15, 0.2) is 18.2 Å². The predicted octanol–water partition coefficient (Wildman–Crippen LogP) is 2.75. The first-order chi connectivity index (χ1) is 5.97. The van der Waals surface area contributed by atoms with Crippen molar-refractivity contribution in [1.29, 1.82) is 0 Å². The summed E-state index contributed by atoms with van der Waals surface area (Å²) in [6, 6.07) is 4.72. The van der Waals surface area contributed by atoms with Crippen molar-refractivity contribution in [2.45, 2.75) is 32.8 Å². The van der Waals surface area contributed by atoms with Gasteiger partial charge in [0.05, 0.1) is 5.60 Å². The fourth-order valence-corrected chi connectivity index (χ4v) is 1.18. The van der Waals surface area contributed by atoms with Crippen LogP contribution in [0.2, 0.25) is 0 Å². The molecule has 0 saturated heterocycles. The molecule has 0 aliphatic heterocycles. The summed E-state index contributed by atoms with van der Waals surface area (Å²) in [5.41, 5.74) is 0.499. The third-order valence-corrected chi connectivity index (χ3v) is 2.47. The Labute approximate surface area is 78.2 Å². The Kier molecular flexibility index (Phi) is 2.71. The van der Waals surface area contributed by atoms with E-state index in [-0.39, 0.29) is 5.82 Å². The van der Waals surface area contributed by atoms with Crippen LogP contribution in [0.4, 0.5) is 4.39 Å². The fourth-order valence-electron chi connectivity index (χ4n) is 1.18. The van der Waals surface area contributed by atoms with Gasteiger partial charge in [0.2, 0.25) is 0 Å². The number of halogens is 1. The van der Waals surface area contributed by atoms with E-state index in [0.29, 0.717) is 12.0 Å². The van der Waals surface area contributed by atoms with E-state index in [1.54, 1.807) is 26.0 Å². The van der Waals surface area contributed by atoms with Crippen LogP contribution >= 0.6 is 0 Å². The largest absolute Gasteiger partial charge is 0.385 e. The molecule has 1 N–H and O–H groups in total. The van der Waals surface area contributed by atoms with Crippen molar-refractivity contribution in [3.63, 3.8) is 0 Å². The Morgan fingerprint density at radius 2 is 2.08 bits per heavy atom. The van der Waals surface area contributed by atoms with Gasteiger partial charge in [-0.25, -0.2) is 4.39 Å². The number of rotatable bonds is 2. The summed E-state index contributed by atoms with van der Waals surface area (Å²) in [7, 11) is 0. The summed E-state index contributed by atoms with van der Waals surface area (Å²) in [5, 5.41) is 9.89.